The Labute approximate surface area is 117 Å². The Balaban J connectivity index is 2.00. The normalized spacial score (nSPS) is 31.1. The molecule has 0 aromatic heterocycles. The summed E-state index contributed by atoms with van der Waals surface area (Å²) in [6, 6.07) is 0. The van der Waals surface area contributed by atoms with Gasteiger partial charge in [0, 0.05) is 0 Å². The highest BCUT2D eigenvalue weighted by Crippen LogP contribution is 2.23. The van der Waals surface area contributed by atoms with Crippen LogP contribution >= 0.6 is 0 Å². The van der Waals surface area contributed by atoms with Crippen LogP contribution in [-0.4, -0.2) is 12.1 Å². The van der Waals surface area contributed by atoms with Gasteiger partial charge in [-0.15, -0.1) is 0 Å². The Bertz CT molecular complexity index is 296. The maximum absolute atomic E-state index is 12.2. The van der Waals surface area contributed by atoms with E-state index in [9.17, 15) is 4.79 Å². The Hall–Kier alpha value is -0.790. The van der Waals surface area contributed by atoms with Crippen LogP contribution in [0.25, 0.3) is 0 Å². The van der Waals surface area contributed by atoms with Gasteiger partial charge in [-0.05, 0) is 38.5 Å². The Kier molecular flexibility index (Phi) is 6.46. The van der Waals surface area contributed by atoms with Gasteiger partial charge in [-0.3, -0.25) is 4.79 Å². The highest BCUT2D eigenvalue weighted by molar-refractivity contribution is 5.74. The van der Waals surface area contributed by atoms with Gasteiger partial charge in [-0.1, -0.05) is 50.7 Å². The zero-order valence-corrected chi connectivity index (χ0v) is 12.1. The topological polar surface area (TPSA) is 26.3 Å². The van der Waals surface area contributed by atoms with Crippen LogP contribution in [0.4, 0.5) is 0 Å². The fourth-order valence-corrected chi connectivity index (χ4v) is 3.15. The van der Waals surface area contributed by atoms with Crippen LogP contribution in [0.3, 0.4) is 0 Å². The largest absolute Gasteiger partial charge is 0.462 e. The van der Waals surface area contributed by atoms with Gasteiger partial charge >= 0.3 is 5.97 Å². The summed E-state index contributed by atoms with van der Waals surface area (Å²) in [6.07, 6.45) is 18.8. The molecule has 2 bridgehead atoms. The van der Waals surface area contributed by atoms with Gasteiger partial charge in [0.1, 0.15) is 6.10 Å². The monoisotopic (exact) mass is 264 g/mol. The minimum absolute atomic E-state index is 0.0151. The molecule has 2 aliphatic heterocycles. The van der Waals surface area contributed by atoms with Crippen molar-refractivity contribution in [2.75, 3.05) is 0 Å². The molecule has 2 heteroatoms. The highest BCUT2D eigenvalue weighted by atomic mass is 16.5. The first-order chi connectivity index (χ1) is 9.36. The standard InChI is InChI=1S/C17H28O2/c18-17-15-11-7-4-2-1-3-5-9-13-16(19-17)14-10-6-8-12-15/h8,12,15-16H,1-7,9-11,13-14H2. The lowest BCUT2D eigenvalue weighted by molar-refractivity contribution is -0.153. The third-order valence-corrected chi connectivity index (χ3v) is 4.39. The maximum atomic E-state index is 12.2. The van der Waals surface area contributed by atoms with Crippen LogP contribution in [0.2, 0.25) is 0 Å². The third kappa shape index (κ3) is 5.38. The molecule has 108 valence electrons. The second-order valence-electron chi connectivity index (χ2n) is 6.08. The second kappa shape index (κ2) is 8.39. The molecule has 0 radical (unpaired) electrons. The molecule has 0 saturated carbocycles. The van der Waals surface area contributed by atoms with Gasteiger partial charge in [0.25, 0.3) is 0 Å². The zero-order valence-electron chi connectivity index (χ0n) is 12.1. The molecule has 2 atom stereocenters. The molecule has 2 nitrogen and oxygen atoms in total. The van der Waals surface area contributed by atoms with Crippen molar-refractivity contribution in [1.29, 1.82) is 0 Å². The average molecular weight is 264 g/mol. The summed E-state index contributed by atoms with van der Waals surface area (Å²) >= 11 is 0. The molecular weight excluding hydrogens is 236 g/mol. The van der Waals surface area contributed by atoms with Crippen LogP contribution in [0.15, 0.2) is 12.2 Å². The number of hydrogen-bond acceptors (Lipinski definition) is 2. The lowest BCUT2D eigenvalue weighted by Crippen LogP contribution is -2.23. The van der Waals surface area contributed by atoms with E-state index in [1.54, 1.807) is 0 Å². The van der Waals surface area contributed by atoms with Gasteiger partial charge in [0.15, 0.2) is 0 Å². The first-order valence-electron chi connectivity index (χ1n) is 8.23. The summed E-state index contributed by atoms with van der Waals surface area (Å²) in [4.78, 5) is 12.2. The summed E-state index contributed by atoms with van der Waals surface area (Å²) in [6.45, 7) is 0. The van der Waals surface area contributed by atoms with Crippen molar-refractivity contribution in [2.45, 2.75) is 83.2 Å². The van der Waals surface area contributed by atoms with E-state index in [0.29, 0.717) is 0 Å². The molecule has 0 spiro atoms. The van der Waals surface area contributed by atoms with Crippen LogP contribution in [0.5, 0.6) is 0 Å². The molecule has 1 saturated heterocycles. The molecule has 2 aliphatic rings. The summed E-state index contributed by atoms with van der Waals surface area (Å²) in [5, 5.41) is 0. The fourth-order valence-electron chi connectivity index (χ4n) is 3.15. The van der Waals surface area contributed by atoms with Crippen LogP contribution in [-0.2, 0) is 9.53 Å². The zero-order chi connectivity index (χ0) is 13.3. The van der Waals surface area contributed by atoms with E-state index in [1.165, 1.54) is 38.5 Å². The lowest BCUT2D eigenvalue weighted by atomic mass is 9.99. The van der Waals surface area contributed by atoms with Crippen molar-refractivity contribution in [1.82, 2.24) is 0 Å². The van der Waals surface area contributed by atoms with Gasteiger partial charge in [-0.25, -0.2) is 0 Å². The smallest absolute Gasteiger partial charge is 0.313 e. The van der Waals surface area contributed by atoms with Gasteiger partial charge in [-0.2, -0.15) is 0 Å². The molecule has 2 rings (SSSR count). The van der Waals surface area contributed by atoms with Crippen LogP contribution in [0.1, 0.15) is 77.0 Å². The Morgan fingerprint density at radius 1 is 0.842 bits per heavy atom. The molecule has 2 unspecified atom stereocenters. The van der Waals surface area contributed by atoms with Crippen molar-refractivity contribution < 1.29 is 9.53 Å². The number of rotatable bonds is 0. The number of carbonyl (C=O) groups is 1. The lowest BCUT2D eigenvalue weighted by Gasteiger charge is -2.19. The summed E-state index contributed by atoms with van der Waals surface area (Å²) in [5.74, 6) is 0.0451. The second-order valence-corrected chi connectivity index (χ2v) is 6.08. The predicted molar refractivity (Wildman–Crippen MR) is 77.9 cm³/mol. The predicted octanol–water partition coefficient (Wildman–Crippen LogP) is 4.78. The molecule has 0 aromatic carbocycles. The number of esters is 1. The van der Waals surface area contributed by atoms with Crippen molar-refractivity contribution in [3.8, 4) is 0 Å². The minimum atomic E-state index is 0.0151. The first-order valence-corrected chi connectivity index (χ1v) is 8.23. The Morgan fingerprint density at radius 3 is 2.26 bits per heavy atom. The van der Waals surface area contributed by atoms with Crippen LogP contribution < -0.4 is 0 Å². The van der Waals surface area contributed by atoms with E-state index in [-0.39, 0.29) is 18.0 Å². The van der Waals surface area contributed by atoms with Gasteiger partial charge in [0.05, 0.1) is 5.92 Å². The molecule has 0 N–H and O–H groups in total. The number of carbonyl (C=O) groups excluding carboxylic acids is 1. The highest BCUT2D eigenvalue weighted by Gasteiger charge is 2.22. The van der Waals surface area contributed by atoms with E-state index in [1.807, 2.05) is 0 Å². The SMILES string of the molecule is O=C1OC2CCCC=CC1CCCCCCCCC2. The number of allylic oxidation sites excluding steroid dienone is 1. The van der Waals surface area contributed by atoms with Gasteiger partial charge in [0.2, 0.25) is 0 Å². The van der Waals surface area contributed by atoms with Gasteiger partial charge < -0.3 is 4.74 Å². The summed E-state index contributed by atoms with van der Waals surface area (Å²) in [7, 11) is 0. The van der Waals surface area contributed by atoms with E-state index in [0.717, 1.165) is 38.5 Å². The van der Waals surface area contributed by atoms with Crippen molar-refractivity contribution >= 4 is 5.97 Å². The minimum Gasteiger partial charge on any atom is -0.462 e. The molecule has 0 aliphatic carbocycles. The summed E-state index contributed by atoms with van der Waals surface area (Å²) < 4.78 is 5.76. The Morgan fingerprint density at radius 2 is 1.47 bits per heavy atom. The summed E-state index contributed by atoms with van der Waals surface area (Å²) in [5.41, 5.74) is 0. The first kappa shape index (κ1) is 14.6. The van der Waals surface area contributed by atoms with E-state index >= 15 is 0 Å². The van der Waals surface area contributed by atoms with Crippen LogP contribution in [0, 0.1) is 5.92 Å². The molecule has 2 heterocycles. The quantitative estimate of drug-likeness (QED) is 0.465. The molecular formula is C17H28O2. The van der Waals surface area contributed by atoms with E-state index in [4.69, 9.17) is 4.74 Å². The maximum Gasteiger partial charge on any atom is 0.313 e. The molecule has 0 amide bonds. The molecule has 19 heavy (non-hydrogen) atoms. The number of fused-ring (bicyclic) bond motifs is 3. The number of ether oxygens (including phenoxy) is 1. The van der Waals surface area contributed by atoms with Crippen molar-refractivity contribution in [3.63, 3.8) is 0 Å². The van der Waals surface area contributed by atoms with Crippen molar-refractivity contribution in [2.24, 2.45) is 5.92 Å². The van der Waals surface area contributed by atoms with E-state index < -0.39 is 0 Å². The molecule has 1 fully saturated rings. The number of hydrogen-bond donors (Lipinski definition) is 0. The fraction of sp³-hybridized carbons (Fsp3) is 0.824. The van der Waals surface area contributed by atoms with Crippen molar-refractivity contribution in [3.05, 3.63) is 12.2 Å². The molecule has 0 aromatic rings. The average Bonchev–Trinajstić information content (AvgIpc) is 2.48. The van der Waals surface area contributed by atoms with E-state index in [2.05, 4.69) is 12.2 Å². The third-order valence-electron chi connectivity index (χ3n) is 4.39.